The van der Waals surface area contributed by atoms with Crippen LogP contribution in [0.1, 0.15) is 42.2 Å². The molecule has 3 rings (SSSR count). The smallest absolute Gasteiger partial charge is 0.248 e. The first-order valence-electron chi connectivity index (χ1n) is 8.86. The van der Waals surface area contributed by atoms with Gasteiger partial charge >= 0.3 is 0 Å². The van der Waals surface area contributed by atoms with E-state index in [1.54, 1.807) is 24.3 Å². The highest BCUT2D eigenvalue weighted by molar-refractivity contribution is 5.96. The van der Waals surface area contributed by atoms with Crippen molar-refractivity contribution in [1.29, 1.82) is 0 Å². The average Bonchev–Trinajstić information content (AvgIpc) is 2.60. The number of carbonyl (C=O) groups is 1. The highest BCUT2D eigenvalue weighted by Gasteiger charge is 2.20. The van der Waals surface area contributed by atoms with Crippen LogP contribution in [-0.4, -0.2) is 41.6 Å². The largest absolute Gasteiger partial charge is 0.377 e. The predicted molar refractivity (Wildman–Crippen MR) is 97.6 cm³/mol. The van der Waals surface area contributed by atoms with Gasteiger partial charge in [0.2, 0.25) is 5.91 Å². The topological polar surface area (TPSA) is 88.4 Å². The van der Waals surface area contributed by atoms with Crippen molar-refractivity contribution in [2.24, 2.45) is 5.73 Å². The number of hydrogen-bond acceptors (Lipinski definition) is 4. The van der Waals surface area contributed by atoms with Gasteiger partial charge < -0.3 is 15.5 Å². The molecule has 1 aliphatic rings. The number of ether oxygens (including phenoxy) is 1. The van der Waals surface area contributed by atoms with Gasteiger partial charge in [0.1, 0.15) is 0 Å². The number of piperidine rings is 1. The van der Waals surface area contributed by atoms with Crippen LogP contribution in [-0.2, 0) is 11.3 Å². The van der Waals surface area contributed by atoms with Crippen LogP contribution in [0.5, 0.6) is 0 Å². The molecule has 6 heteroatoms. The molecule has 1 unspecified atom stereocenters. The molecule has 2 heterocycles. The van der Waals surface area contributed by atoms with E-state index < -0.39 is 5.91 Å². The summed E-state index contributed by atoms with van der Waals surface area (Å²) in [6, 6.07) is 6.54. The highest BCUT2D eigenvalue weighted by atomic mass is 16.5. The first-order valence-corrected chi connectivity index (χ1v) is 8.86. The molecule has 0 saturated carbocycles. The van der Waals surface area contributed by atoms with Crippen LogP contribution in [0.2, 0.25) is 0 Å². The number of benzene rings is 1. The molecule has 1 atom stereocenters. The van der Waals surface area contributed by atoms with Gasteiger partial charge in [0.15, 0.2) is 5.43 Å². The predicted octanol–water partition coefficient (Wildman–Crippen LogP) is 2.02. The van der Waals surface area contributed by atoms with E-state index in [4.69, 9.17) is 10.5 Å². The SMILES string of the molecule is CCCOC1CCCN(Cc2cc(=O)c3cc(C(N)=O)ccc3[nH]2)C1. The fourth-order valence-corrected chi connectivity index (χ4v) is 3.36. The van der Waals surface area contributed by atoms with Crippen molar-refractivity contribution >= 4 is 16.8 Å². The minimum atomic E-state index is -0.531. The standard InChI is InChI=1S/C19H25N3O3/c1-2-8-25-15-4-3-7-22(12-15)11-14-10-18(23)16-9-13(19(20)24)5-6-17(16)21-14/h5-6,9-10,15H,2-4,7-8,11-12H2,1H3,(H2,20,24)(H,21,23). The van der Waals surface area contributed by atoms with E-state index in [1.807, 2.05) is 0 Å². The van der Waals surface area contributed by atoms with Gasteiger partial charge in [-0.15, -0.1) is 0 Å². The zero-order valence-corrected chi connectivity index (χ0v) is 14.6. The van der Waals surface area contributed by atoms with Gasteiger partial charge in [0.25, 0.3) is 0 Å². The summed E-state index contributed by atoms with van der Waals surface area (Å²) in [4.78, 5) is 29.3. The summed E-state index contributed by atoms with van der Waals surface area (Å²) < 4.78 is 5.87. The Labute approximate surface area is 147 Å². The number of carbonyl (C=O) groups excluding carboxylic acids is 1. The third-order valence-electron chi connectivity index (χ3n) is 4.58. The molecule has 0 spiro atoms. The molecule has 1 saturated heterocycles. The third-order valence-corrected chi connectivity index (χ3v) is 4.58. The quantitative estimate of drug-likeness (QED) is 0.840. The van der Waals surface area contributed by atoms with E-state index in [2.05, 4.69) is 16.8 Å². The van der Waals surface area contributed by atoms with Crippen molar-refractivity contribution in [1.82, 2.24) is 9.88 Å². The lowest BCUT2D eigenvalue weighted by Gasteiger charge is -2.32. The number of amides is 1. The highest BCUT2D eigenvalue weighted by Crippen LogP contribution is 2.17. The van der Waals surface area contributed by atoms with E-state index in [0.29, 0.717) is 17.5 Å². The van der Waals surface area contributed by atoms with Crippen molar-refractivity contribution in [2.45, 2.75) is 38.8 Å². The van der Waals surface area contributed by atoms with Gasteiger partial charge in [-0.25, -0.2) is 0 Å². The maximum Gasteiger partial charge on any atom is 0.248 e. The van der Waals surface area contributed by atoms with Crippen LogP contribution < -0.4 is 11.2 Å². The molecule has 1 fully saturated rings. The van der Waals surface area contributed by atoms with Crippen LogP contribution in [0.15, 0.2) is 29.1 Å². The van der Waals surface area contributed by atoms with Crippen LogP contribution in [0.4, 0.5) is 0 Å². The van der Waals surface area contributed by atoms with Gasteiger partial charge in [-0.05, 0) is 44.0 Å². The number of fused-ring (bicyclic) bond motifs is 1. The van der Waals surface area contributed by atoms with Gasteiger partial charge in [0.05, 0.1) is 6.10 Å². The second-order valence-electron chi connectivity index (χ2n) is 6.65. The van der Waals surface area contributed by atoms with Crippen LogP contribution in [0.25, 0.3) is 10.9 Å². The monoisotopic (exact) mass is 343 g/mol. The average molecular weight is 343 g/mol. The summed E-state index contributed by atoms with van der Waals surface area (Å²) in [5, 5.41) is 0.489. The lowest BCUT2D eigenvalue weighted by atomic mass is 10.1. The normalized spacial score (nSPS) is 18.5. The van der Waals surface area contributed by atoms with Crippen molar-refractivity contribution in [3.63, 3.8) is 0 Å². The Bertz CT molecular complexity index is 815. The summed E-state index contributed by atoms with van der Waals surface area (Å²) in [5.74, 6) is -0.531. The maximum atomic E-state index is 12.4. The van der Waals surface area contributed by atoms with Gasteiger partial charge in [-0.1, -0.05) is 6.92 Å². The number of rotatable bonds is 6. The molecule has 0 aliphatic carbocycles. The third kappa shape index (κ3) is 4.27. The summed E-state index contributed by atoms with van der Waals surface area (Å²) in [7, 11) is 0. The minimum Gasteiger partial charge on any atom is -0.377 e. The minimum absolute atomic E-state index is 0.0948. The summed E-state index contributed by atoms with van der Waals surface area (Å²) in [6.07, 6.45) is 3.51. The number of primary amides is 1. The second kappa shape index (κ2) is 7.80. The lowest BCUT2D eigenvalue weighted by Crippen LogP contribution is -2.39. The number of nitrogens with zero attached hydrogens (tertiary/aromatic N) is 1. The van der Waals surface area contributed by atoms with Crippen LogP contribution >= 0.6 is 0 Å². The fourth-order valence-electron chi connectivity index (χ4n) is 3.36. The van der Waals surface area contributed by atoms with Crippen LogP contribution in [0, 0.1) is 0 Å². The molecule has 0 radical (unpaired) electrons. The Hall–Kier alpha value is -2.18. The molecule has 134 valence electrons. The zero-order valence-electron chi connectivity index (χ0n) is 14.6. The number of aromatic amines is 1. The Kier molecular flexibility index (Phi) is 5.50. The first kappa shape index (κ1) is 17.6. The molecule has 1 aromatic heterocycles. The molecule has 25 heavy (non-hydrogen) atoms. The van der Waals surface area contributed by atoms with E-state index in [-0.39, 0.29) is 11.5 Å². The Morgan fingerprint density at radius 3 is 3.00 bits per heavy atom. The molecule has 0 bridgehead atoms. The molecule has 1 aromatic carbocycles. The van der Waals surface area contributed by atoms with Crippen molar-refractivity contribution in [3.05, 3.63) is 45.7 Å². The number of likely N-dealkylation sites (tertiary alicyclic amines) is 1. The van der Waals surface area contributed by atoms with E-state index in [9.17, 15) is 9.59 Å². The van der Waals surface area contributed by atoms with Crippen molar-refractivity contribution in [2.75, 3.05) is 19.7 Å². The number of aromatic nitrogens is 1. The Balaban J connectivity index is 1.76. The van der Waals surface area contributed by atoms with E-state index >= 15 is 0 Å². The number of pyridine rings is 1. The second-order valence-corrected chi connectivity index (χ2v) is 6.65. The fraction of sp³-hybridized carbons (Fsp3) is 0.474. The number of nitrogens with one attached hydrogen (secondary N) is 1. The number of hydrogen-bond donors (Lipinski definition) is 2. The molecule has 1 aliphatic heterocycles. The van der Waals surface area contributed by atoms with E-state index in [1.165, 1.54) is 0 Å². The molecular formula is C19H25N3O3. The summed E-state index contributed by atoms with van der Waals surface area (Å²) >= 11 is 0. The van der Waals surface area contributed by atoms with Crippen molar-refractivity contribution in [3.8, 4) is 0 Å². The Morgan fingerprint density at radius 1 is 1.40 bits per heavy atom. The first-order chi connectivity index (χ1) is 12.1. The van der Waals surface area contributed by atoms with Crippen molar-refractivity contribution < 1.29 is 9.53 Å². The molecule has 1 amide bonds. The summed E-state index contributed by atoms with van der Waals surface area (Å²) in [5.41, 5.74) is 7.14. The Morgan fingerprint density at radius 2 is 2.24 bits per heavy atom. The van der Waals surface area contributed by atoms with Crippen LogP contribution in [0.3, 0.4) is 0 Å². The van der Waals surface area contributed by atoms with Gasteiger partial charge in [0, 0.05) is 47.9 Å². The van der Waals surface area contributed by atoms with Gasteiger partial charge in [-0.2, -0.15) is 0 Å². The molecule has 6 nitrogen and oxygen atoms in total. The summed E-state index contributed by atoms with van der Waals surface area (Å²) in [6.45, 7) is 5.50. The number of nitrogens with two attached hydrogens (primary N) is 1. The molecule has 3 N–H and O–H groups in total. The lowest BCUT2D eigenvalue weighted by molar-refractivity contribution is -0.00250. The molecular weight excluding hydrogens is 318 g/mol. The van der Waals surface area contributed by atoms with Gasteiger partial charge in [-0.3, -0.25) is 14.5 Å². The maximum absolute atomic E-state index is 12.4. The molecule has 2 aromatic rings. The van der Waals surface area contributed by atoms with E-state index in [0.717, 1.165) is 50.2 Å². The number of H-pyrrole nitrogens is 1. The zero-order chi connectivity index (χ0) is 17.8.